The molecule has 0 aliphatic carbocycles. The number of benzene rings is 1. The van der Waals surface area contributed by atoms with Crippen molar-refractivity contribution in [1.29, 1.82) is 5.26 Å². The van der Waals surface area contributed by atoms with Crippen molar-refractivity contribution in [2.45, 2.75) is 33.1 Å². The maximum atomic E-state index is 11.5. The first-order valence-corrected chi connectivity index (χ1v) is 7.43. The number of carbonyl (C=O) groups is 1. The molecule has 4 heteroatoms. The lowest BCUT2D eigenvalue weighted by Crippen LogP contribution is -2.10. The molecule has 0 unspecified atom stereocenters. The van der Waals surface area contributed by atoms with Crippen molar-refractivity contribution in [2.24, 2.45) is 0 Å². The maximum Gasteiger partial charge on any atom is 0.348 e. The van der Waals surface area contributed by atoms with Crippen molar-refractivity contribution in [3.05, 3.63) is 53.1 Å². The van der Waals surface area contributed by atoms with E-state index in [1.165, 1.54) is 17.7 Å². The zero-order valence-electron chi connectivity index (χ0n) is 13.3. The minimum absolute atomic E-state index is 0.0759. The van der Waals surface area contributed by atoms with Gasteiger partial charge in [-0.1, -0.05) is 56.6 Å². The molecule has 1 rings (SSSR count). The van der Waals surface area contributed by atoms with Crippen molar-refractivity contribution < 1.29 is 9.53 Å². The molecule has 1 aromatic rings. The Hall–Kier alpha value is -2.05. The van der Waals surface area contributed by atoms with Gasteiger partial charge in [-0.15, -0.1) is 0 Å². The van der Waals surface area contributed by atoms with Crippen LogP contribution in [0.4, 0.5) is 0 Å². The Bertz CT molecular complexity index is 629. The summed E-state index contributed by atoms with van der Waals surface area (Å²) in [6.45, 7) is 8.33. The number of halogens is 1. The van der Waals surface area contributed by atoms with Gasteiger partial charge in [0.1, 0.15) is 11.6 Å². The molecule has 0 aromatic heterocycles. The molecular weight excluding hydrogens is 298 g/mol. The second-order valence-corrected chi connectivity index (χ2v) is 6.16. The number of nitrogens with zero attached hydrogens (tertiary/aromatic N) is 1. The lowest BCUT2D eigenvalue weighted by atomic mass is 9.87. The van der Waals surface area contributed by atoms with Crippen LogP contribution in [0.3, 0.4) is 0 Å². The fraction of sp³-hybridized carbons (Fsp3) is 0.333. The summed E-state index contributed by atoms with van der Waals surface area (Å²) in [5, 5.41) is 9.40. The number of allylic oxidation sites excluding steroid dienone is 2. The second kappa shape index (κ2) is 7.82. The summed E-state index contributed by atoms with van der Waals surface area (Å²) in [5.74, 6) is -0.645. The summed E-state index contributed by atoms with van der Waals surface area (Å²) in [4.78, 5) is 11.5. The first kappa shape index (κ1) is 18.0. The van der Waals surface area contributed by atoms with E-state index in [0.717, 1.165) is 5.56 Å². The SMILES string of the molecule is CCOC(=O)/C(C#N)=C/C=C(/Cl)c1ccc(C(C)(C)C)cc1. The topological polar surface area (TPSA) is 50.1 Å². The van der Waals surface area contributed by atoms with Gasteiger partial charge in [0.25, 0.3) is 0 Å². The highest BCUT2D eigenvalue weighted by Gasteiger charge is 2.13. The molecule has 0 fully saturated rings. The largest absolute Gasteiger partial charge is 0.462 e. The van der Waals surface area contributed by atoms with Crippen molar-refractivity contribution in [2.75, 3.05) is 6.61 Å². The fourth-order valence-electron chi connectivity index (χ4n) is 1.74. The Morgan fingerprint density at radius 3 is 2.32 bits per heavy atom. The van der Waals surface area contributed by atoms with Gasteiger partial charge in [-0.25, -0.2) is 4.79 Å². The molecule has 0 amide bonds. The van der Waals surface area contributed by atoms with Crippen molar-refractivity contribution >= 4 is 22.6 Å². The molecule has 0 radical (unpaired) electrons. The Labute approximate surface area is 136 Å². The van der Waals surface area contributed by atoms with Crippen molar-refractivity contribution in [3.63, 3.8) is 0 Å². The fourth-order valence-corrected chi connectivity index (χ4v) is 1.93. The van der Waals surface area contributed by atoms with Crippen LogP contribution in [0.25, 0.3) is 5.03 Å². The zero-order chi connectivity index (χ0) is 16.8. The van der Waals surface area contributed by atoms with E-state index in [-0.39, 0.29) is 17.6 Å². The normalized spacial score (nSPS) is 12.7. The van der Waals surface area contributed by atoms with E-state index in [1.807, 2.05) is 24.3 Å². The summed E-state index contributed by atoms with van der Waals surface area (Å²) >= 11 is 6.21. The Morgan fingerprint density at radius 2 is 1.86 bits per heavy atom. The molecule has 116 valence electrons. The lowest BCUT2D eigenvalue weighted by molar-refractivity contribution is -0.138. The van der Waals surface area contributed by atoms with Crippen LogP contribution in [0.1, 0.15) is 38.8 Å². The van der Waals surface area contributed by atoms with Gasteiger partial charge < -0.3 is 4.74 Å². The summed E-state index contributed by atoms with van der Waals surface area (Å²) < 4.78 is 4.78. The van der Waals surface area contributed by atoms with Gasteiger partial charge in [-0.2, -0.15) is 5.26 Å². The van der Waals surface area contributed by atoms with E-state index in [2.05, 4.69) is 20.8 Å². The number of carbonyl (C=O) groups excluding carboxylic acids is 1. The monoisotopic (exact) mass is 317 g/mol. The molecule has 0 atom stereocenters. The number of hydrogen-bond acceptors (Lipinski definition) is 3. The number of rotatable bonds is 4. The number of ether oxygens (including phenoxy) is 1. The minimum atomic E-state index is -0.645. The molecule has 0 aliphatic rings. The van der Waals surface area contributed by atoms with E-state index in [1.54, 1.807) is 13.0 Å². The molecule has 0 aliphatic heterocycles. The zero-order valence-corrected chi connectivity index (χ0v) is 14.1. The third-order valence-electron chi connectivity index (χ3n) is 3.04. The van der Waals surface area contributed by atoms with E-state index in [0.29, 0.717) is 5.03 Å². The molecule has 1 aromatic carbocycles. The predicted octanol–water partition coefficient (Wildman–Crippen LogP) is 4.58. The minimum Gasteiger partial charge on any atom is -0.462 e. The molecule has 3 nitrogen and oxygen atoms in total. The molecule has 0 saturated heterocycles. The molecule has 0 N–H and O–H groups in total. The molecule has 0 bridgehead atoms. The first-order valence-electron chi connectivity index (χ1n) is 7.05. The van der Waals surface area contributed by atoms with Crippen molar-refractivity contribution in [3.8, 4) is 6.07 Å². The highest BCUT2D eigenvalue weighted by Crippen LogP contribution is 2.25. The number of hydrogen-bond donors (Lipinski definition) is 0. The van der Waals surface area contributed by atoms with Crippen LogP contribution in [0.5, 0.6) is 0 Å². The van der Waals surface area contributed by atoms with Gasteiger partial charge in [-0.3, -0.25) is 0 Å². The van der Waals surface area contributed by atoms with Gasteiger partial charge in [0.05, 0.1) is 6.61 Å². The second-order valence-electron chi connectivity index (χ2n) is 5.75. The van der Waals surface area contributed by atoms with Crippen LogP contribution in [0.2, 0.25) is 0 Å². The molecule has 0 heterocycles. The van der Waals surface area contributed by atoms with E-state index < -0.39 is 5.97 Å². The highest BCUT2D eigenvalue weighted by molar-refractivity contribution is 6.48. The average molecular weight is 318 g/mol. The van der Waals surface area contributed by atoms with Crippen molar-refractivity contribution in [1.82, 2.24) is 0 Å². The number of nitriles is 1. The first-order chi connectivity index (χ1) is 10.3. The summed E-state index contributed by atoms with van der Waals surface area (Å²) in [6, 6.07) is 9.69. The van der Waals surface area contributed by atoms with Crippen LogP contribution in [0, 0.1) is 11.3 Å². The smallest absolute Gasteiger partial charge is 0.348 e. The average Bonchev–Trinajstić information content (AvgIpc) is 2.47. The maximum absolute atomic E-state index is 11.5. The van der Waals surface area contributed by atoms with Gasteiger partial charge in [0.2, 0.25) is 0 Å². The molecular formula is C18H20ClNO2. The summed E-state index contributed by atoms with van der Waals surface area (Å²) in [5.41, 5.74) is 2.03. The predicted molar refractivity (Wildman–Crippen MR) is 89.3 cm³/mol. The Kier molecular flexibility index (Phi) is 6.39. The third kappa shape index (κ3) is 5.05. The van der Waals surface area contributed by atoms with Gasteiger partial charge in [0.15, 0.2) is 0 Å². The molecule has 0 spiro atoms. The molecule has 0 saturated carbocycles. The lowest BCUT2D eigenvalue weighted by Gasteiger charge is -2.19. The Balaban J connectivity index is 2.98. The van der Waals surface area contributed by atoms with Gasteiger partial charge in [0, 0.05) is 5.03 Å². The molecule has 22 heavy (non-hydrogen) atoms. The van der Waals surface area contributed by atoms with Crippen LogP contribution >= 0.6 is 11.6 Å². The van der Waals surface area contributed by atoms with Crippen LogP contribution < -0.4 is 0 Å². The third-order valence-corrected chi connectivity index (χ3v) is 3.38. The standard InChI is InChI=1S/C18H20ClNO2/c1-5-22-17(21)14(12-20)8-11-16(19)13-6-9-15(10-7-13)18(2,3)4/h6-11H,5H2,1-4H3/b14-8+,16-11+. The van der Waals surface area contributed by atoms with E-state index in [4.69, 9.17) is 21.6 Å². The Morgan fingerprint density at radius 1 is 1.27 bits per heavy atom. The summed E-state index contributed by atoms with van der Waals surface area (Å²) in [6.07, 6.45) is 2.90. The van der Waals surface area contributed by atoms with Gasteiger partial charge in [-0.05, 0) is 35.6 Å². The highest BCUT2D eigenvalue weighted by atomic mass is 35.5. The van der Waals surface area contributed by atoms with Gasteiger partial charge >= 0.3 is 5.97 Å². The van der Waals surface area contributed by atoms with Crippen LogP contribution in [-0.2, 0) is 14.9 Å². The number of esters is 1. The van der Waals surface area contributed by atoms with E-state index >= 15 is 0 Å². The quantitative estimate of drug-likeness (QED) is 0.353. The van der Waals surface area contributed by atoms with Crippen LogP contribution in [0.15, 0.2) is 42.0 Å². The van der Waals surface area contributed by atoms with E-state index in [9.17, 15) is 4.79 Å². The summed E-state index contributed by atoms with van der Waals surface area (Å²) in [7, 11) is 0. The van der Waals surface area contributed by atoms with Crippen LogP contribution in [-0.4, -0.2) is 12.6 Å².